The van der Waals surface area contributed by atoms with Gasteiger partial charge in [-0.3, -0.25) is 9.59 Å². The minimum atomic E-state index is -0.369. The smallest absolute Gasteiger partial charge is 0.262 e. The van der Waals surface area contributed by atoms with E-state index in [2.05, 4.69) is 5.32 Å². The first-order valence-electron chi connectivity index (χ1n) is 9.52. The van der Waals surface area contributed by atoms with E-state index < -0.39 is 0 Å². The predicted molar refractivity (Wildman–Crippen MR) is 116 cm³/mol. The van der Waals surface area contributed by atoms with Crippen molar-refractivity contribution in [2.75, 3.05) is 26.1 Å². The fourth-order valence-corrected chi connectivity index (χ4v) is 2.98. The predicted octanol–water partition coefficient (Wildman–Crippen LogP) is 3.98. The molecule has 0 saturated heterocycles. The molecule has 0 aliphatic rings. The number of methoxy groups -OCH3 is 1. The van der Waals surface area contributed by atoms with Crippen LogP contribution in [-0.2, 0) is 11.3 Å². The normalized spacial score (nSPS) is 10.2. The van der Waals surface area contributed by atoms with Crippen LogP contribution < -0.4 is 14.8 Å². The lowest BCUT2D eigenvalue weighted by Crippen LogP contribution is -2.28. The summed E-state index contributed by atoms with van der Waals surface area (Å²) in [7, 11) is 3.27. The van der Waals surface area contributed by atoms with Crippen LogP contribution in [0.5, 0.6) is 11.5 Å². The van der Waals surface area contributed by atoms with Crippen LogP contribution in [0.25, 0.3) is 0 Å². The zero-order chi connectivity index (χ0) is 21.3. The SMILES string of the molecule is COc1ccccc1OCC(=O)Nc1ccccc1C(=O)N(C)Cc1ccccc1. The topological polar surface area (TPSA) is 67.9 Å². The number of anilines is 1. The van der Waals surface area contributed by atoms with Crippen molar-refractivity contribution in [2.24, 2.45) is 0 Å². The Bertz CT molecular complexity index is 1000. The Kier molecular flexibility index (Phi) is 7.05. The van der Waals surface area contributed by atoms with E-state index in [1.807, 2.05) is 36.4 Å². The minimum Gasteiger partial charge on any atom is -0.493 e. The van der Waals surface area contributed by atoms with Crippen LogP contribution in [0.3, 0.4) is 0 Å². The summed E-state index contributed by atoms with van der Waals surface area (Å²) in [6.07, 6.45) is 0. The Morgan fingerprint density at radius 2 is 1.50 bits per heavy atom. The summed E-state index contributed by atoms with van der Waals surface area (Å²) in [5, 5.41) is 2.77. The van der Waals surface area contributed by atoms with Gasteiger partial charge >= 0.3 is 0 Å². The standard InChI is InChI=1S/C24H24N2O4/c1-26(16-18-10-4-3-5-11-18)24(28)19-12-6-7-13-20(19)25-23(27)17-30-22-15-9-8-14-21(22)29-2/h3-15H,16-17H2,1-2H3,(H,25,27). The number of hydrogen-bond acceptors (Lipinski definition) is 4. The minimum absolute atomic E-state index is 0.180. The van der Waals surface area contributed by atoms with Crippen LogP contribution in [-0.4, -0.2) is 37.5 Å². The number of nitrogens with zero attached hydrogens (tertiary/aromatic N) is 1. The van der Waals surface area contributed by atoms with E-state index in [1.165, 1.54) is 7.11 Å². The molecule has 0 bridgehead atoms. The average molecular weight is 404 g/mol. The van der Waals surface area contributed by atoms with Crippen LogP contribution in [0.2, 0.25) is 0 Å². The lowest BCUT2D eigenvalue weighted by Gasteiger charge is -2.19. The molecule has 3 aromatic carbocycles. The molecule has 6 heteroatoms. The van der Waals surface area contributed by atoms with Crippen molar-refractivity contribution >= 4 is 17.5 Å². The van der Waals surface area contributed by atoms with Crippen LogP contribution in [0.4, 0.5) is 5.69 Å². The van der Waals surface area contributed by atoms with Gasteiger partial charge in [0, 0.05) is 13.6 Å². The van der Waals surface area contributed by atoms with Gasteiger partial charge in [-0.05, 0) is 29.8 Å². The lowest BCUT2D eigenvalue weighted by molar-refractivity contribution is -0.118. The average Bonchev–Trinajstić information content (AvgIpc) is 2.78. The molecule has 3 rings (SSSR count). The fraction of sp³-hybridized carbons (Fsp3) is 0.167. The molecule has 0 unspecified atom stereocenters. The van der Waals surface area contributed by atoms with Crippen molar-refractivity contribution in [3.8, 4) is 11.5 Å². The molecule has 0 fully saturated rings. The van der Waals surface area contributed by atoms with E-state index in [-0.39, 0.29) is 18.4 Å². The lowest BCUT2D eigenvalue weighted by atomic mass is 10.1. The highest BCUT2D eigenvalue weighted by atomic mass is 16.5. The van der Waals surface area contributed by atoms with Crippen molar-refractivity contribution in [2.45, 2.75) is 6.54 Å². The quantitative estimate of drug-likeness (QED) is 0.617. The third kappa shape index (κ3) is 5.38. The highest BCUT2D eigenvalue weighted by Crippen LogP contribution is 2.25. The molecule has 0 aliphatic carbocycles. The Labute approximate surface area is 176 Å². The molecule has 0 aliphatic heterocycles. The van der Waals surface area contributed by atoms with Gasteiger partial charge in [-0.25, -0.2) is 0 Å². The molecule has 0 saturated carbocycles. The van der Waals surface area contributed by atoms with Crippen molar-refractivity contribution in [3.63, 3.8) is 0 Å². The van der Waals surface area contributed by atoms with Gasteiger partial charge in [-0.1, -0.05) is 54.6 Å². The molecular weight excluding hydrogens is 380 g/mol. The molecule has 6 nitrogen and oxygen atoms in total. The zero-order valence-electron chi connectivity index (χ0n) is 17.0. The second-order valence-electron chi connectivity index (χ2n) is 6.68. The van der Waals surface area contributed by atoms with E-state index >= 15 is 0 Å². The summed E-state index contributed by atoms with van der Waals surface area (Å²) in [6, 6.07) is 23.8. The van der Waals surface area contributed by atoms with Crippen molar-refractivity contribution < 1.29 is 19.1 Å². The number of amides is 2. The Balaban J connectivity index is 1.65. The molecule has 3 aromatic rings. The summed E-state index contributed by atoms with van der Waals surface area (Å²) in [4.78, 5) is 27.0. The van der Waals surface area contributed by atoms with Crippen LogP contribution in [0.15, 0.2) is 78.9 Å². The van der Waals surface area contributed by atoms with Gasteiger partial charge in [0.2, 0.25) is 0 Å². The summed E-state index contributed by atoms with van der Waals surface area (Å²) < 4.78 is 10.8. The summed E-state index contributed by atoms with van der Waals surface area (Å²) in [6.45, 7) is 0.265. The van der Waals surface area contributed by atoms with Crippen LogP contribution in [0.1, 0.15) is 15.9 Å². The van der Waals surface area contributed by atoms with Gasteiger partial charge in [-0.2, -0.15) is 0 Å². The van der Waals surface area contributed by atoms with E-state index in [4.69, 9.17) is 9.47 Å². The maximum Gasteiger partial charge on any atom is 0.262 e. The number of para-hydroxylation sites is 3. The molecule has 0 radical (unpaired) electrons. The van der Waals surface area contributed by atoms with Crippen LogP contribution >= 0.6 is 0 Å². The molecule has 0 spiro atoms. The second-order valence-corrected chi connectivity index (χ2v) is 6.68. The third-order valence-corrected chi connectivity index (χ3v) is 4.47. The molecular formula is C24H24N2O4. The summed E-state index contributed by atoms with van der Waals surface area (Å²) >= 11 is 0. The van der Waals surface area contributed by atoms with E-state index in [0.717, 1.165) is 5.56 Å². The number of benzene rings is 3. The number of ether oxygens (including phenoxy) is 2. The molecule has 30 heavy (non-hydrogen) atoms. The number of nitrogens with one attached hydrogen (secondary N) is 1. The van der Waals surface area contributed by atoms with E-state index in [1.54, 1.807) is 54.4 Å². The molecule has 0 atom stereocenters. The molecule has 1 N–H and O–H groups in total. The van der Waals surface area contributed by atoms with Crippen molar-refractivity contribution in [1.29, 1.82) is 0 Å². The molecule has 2 amide bonds. The third-order valence-electron chi connectivity index (χ3n) is 4.47. The number of rotatable bonds is 8. The van der Waals surface area contributed by atoms with Gasteiger partial charge in [0.15, 0.2) is 18.1 Å². The first-order valence-corrected chi connectivity index (χ1v) is 9.52. The Morgan fingerprint density at radius 3 is 2.23 bits per heavy atom. The molecule has 0 heterocycles. The van der Waals surface area contributed by atoms with Crippen molar-refractivity contribution in [1.82, 2.24) is 4.90 Å². The largest absolute Gasteiger partial charge is 0.493 e. The molecule has 0 aromatic heterocycles. The van der Waals surface area contributed by atoms with Gasteiger partial charge in [0.25, 0.3) is 11.8 Å². The monoisotopic (exact) mass is 404 g/mol. The second kappa shape index (κ2) is 10.1. The number of hydrogen-bond donors (Lipinski definition) is 1. The van der Waals surface area contributed by atoms with Gasteiger partial charge in [0.1, 0.15) is 0 Å². The maximum atomic E-state index is 12.9. The zero-order valence-corrected chi connectivity index (χ0v) is 17.0. The van der Waals surface area contributed by atoms with Gasteiger partial charge in [-0.15, -0.1) is 0 Å². The maximum absolute atomic E-state index is 12.9. The molecule has 154 valence electrons. The number of carbonyl (C=O) groups excluding carboxylic acids is 2. The Hall–Kier alpha value is -3.80. The van der Waals surface area contributed by atoms with E-state index in [0.29, 0.717) is 29.3 Å². The highest BCUT2D eigenvalue weighted by molar-refractivity contribution is 6.03. The summed E-state index contributed by atoms with van der Waals surface area (Å²) in [5.41, 5.74) is 1.89. The van der Waals surface area contributed by atoms with Crippen LogP contribution in [0, 0.1) is 0 Å². The highest BCUT2D eigenvalue weighted by Gasteiger charge is 2.17. The summed E-state index contributed by atoms with van der Waals surface area (Å²) in [5.74, 6) is 0.470. The number of carbonyl (C=O) groups is 2. The van der Waals surface area contributed by atoms with Gasteiger partial charge in [0.05, 0.1) is 18.4 Å². The van der Waals surface area contributed by atoms with Gasteiger partial charge < -0.3 is 19.7 Å². The van der Waals surface area contributed by atoms with Crippen molar-refractivity contribution in [3.05, 3.63) is 90.0 Å². The first kappa shape index (κ1) is 20.9. The fourth-order valence-electron chi connectivity index (χ4n) is 2.98. The first-order chi connectivity index (χ1) is 14.6. The Morgan fingerprint density at radius 1 is 0.867 bits per heavy atom. The van der Waals surface area contributed by atoms with E-state index in [9.17, 15) is 9.59 Å².